The number of hydrogen-bond donors (Lipinski definition) is 0. The zero-order chi connectivity index (χ0) is 24.9. The van der Waals surface area contributed by atoms with Gasteiger partial charge in [0.25, 0.3) is 0 Å². The molecule has 0 atom stereocenters. The van der Waals surface area contributed by atoms with E-state index in [-0.39, 0.29) is 20.1 Å². The number of aromatic nitrogens is 3. The van der Waals surface area contributed by atoms with Crippen molar-refractivity contribution in [3.05, 3.63) is 126 Å². The van der Waals surface area contributed by atoms with Gasteiger partial charge in [0.1, 0.15) is 11.2 Å². The van der Waals surface area contributed by atoms with Crippen LogP contribution in [0.2, 0.25) is 0 Å². The van der Waals surface area contributed by atoms with Crippen LogP contribution in [0.4, 0.5) is 0 Å². The van der Waals surface area contributed by atoms with E-state index >= 15 is 0 Å². The van der Waals surface area contributed by atoms with Crippen molar-refractivity contribution < 1.29 is 20.1 Å². The summed E-state index contributed by atoms with van der Waals surface area (Å²) in [6.07, 6.45) is 1.64. The molecule has 0 saturated heterocycles. The molecular weight excluding hydrogens is 651 g/mol. The molecule has 1 radical (unpaired) electrons. The Morgan fingerprint density at radius 3 is 2.22 bits per heavy atom. The summed E-state index contributed by atoms with van der Waals surface area (Å²) >= 11 is 1.72. The van der Waals surface area contributed by atoms with Crippen molar-refractivity contribution in [3.63, 3.8) is 0 Å². The molecule has 6 rings (SSSR count). The number of thiophene rings is 1. The van der Waals surface area contributed by atoms with E-state index in [1.54, 1.807) is 17.7 Å². The second kappa shape index (κ2) is 12.2. The maximum absolute atomic E-state index is 4.52. The monoisotopic (exact) mass is 676 g/mol. The summed E-state index contributed by atoms with van der Waals surface area (Å²) in [5, 5.41) is 1.15. The smallest absolute Gasteiger partial charge is 0.118 e. The Balaban J connectivity index is 0.000000195. The fourth-order valence-electron chi connectivity index (χ4n) is 4.01. The molecule has 0 bridgehead atoms. The predicted molar refractivity (Wildman–Crippen MR) is 150 cm³/mol. The molecule has 3 heterocycles. The summed E-state index contributed by atoms with van der Waals surface area (Å²) < 4.78 is 0. The number of fused-ring (bicyclic) bond motifs is 1. The molecule has 0 aliphatic carbocycles. The van der Waals surface area contributed by atoms with Crippen molar-refractivity contribution in [3.8, 4) is 33.6 Å². The van der Waals surface area contributed by atoms with Crippen molar-refractivity contribution in [2.45, 2.75) is 20.8 Å². The zero-order valence-electron chi connectivity index (χ0n) is 20.8. The van der Waals surface area contributed by atoms with Crippen LogP contribution in [0.1, 0.15) is 16.1 Å². The van der Waals surface area contributed by atoms with E-state index in [1.165, 1.54) is 16.0 Å². The first-order valence-electron chi connectivity index (χ1n) is 11.8. The van der Waals surface area contributed by atoms with E-state index < -0.39 is 0 Å². The minimum absolute atomic E-state index is 0. The van der Waals surface area contributed by atoms with E-state index in [0.29, 0.717) is 0 Å². The molecule has 3 aromatic carbocycles. The largest absolute Gasteiger partial charge is 0.302 e. The van der Waals surface area contributed by atoms with Gasteiger partial charge in [-0.25, -0.2) is 4.98 Å². The summed E-state index contributed by atoms with van der Waals surface area (Å²) in [6.45, 7) is 6.26. The molecule has 0 saturated carbocycles. The van der Waals surface area contributed by atoms with Crippen molar-refractivity contribution in [1.82, 2.24) is 15.0 Å². The average Bonchev–Trinajstić information content (AvgIpc) is 3.23. The third kappa shape index (κ3) is 6.08. The summed E-state index contributed by atoms with van der Waals surface area (Å²) in [5.41, 5.74) is 8.68. The van der Waals surface area contributed by atoms with Crippen LogP contribution >= 0.6 is 11.3 Å². The van der Waals surface area contributed by atoms with E-state index in [9.17, 15) is 0 Å². The van der Waals surface area contributed by atoms with E-state index in [2.05, 4.69) is 77.3 Å². The Bertz CT molecular complexity index is 1590. The molecule has 3 nitrogen and oxygen atoms in total. The normalized spacial score (nSPS) is 10.4. The molecule has 5 heteroatoms. The van der Waals surface area contributed by atoms with Gasteiger partial charge in [0, 0.05) is 36.4 Å². The number of hydrogen-bond acceptors (Lipinski definition) is 4. The summed E-state index contributed by atoms with van der Waals surface area (Å²) in [5.74, 6) is 0. The van der Waals surface area contributed by atoms with Gasteiger partial charge in [-0.05, 0) is 43.5 Å². The van der Waals surface area contributed by atoms with Crippen molar-refractivity contribution in [2.24, 2.45) is 0 Å². The number of pyridine rings is 1. The minimum Gasteiger partial charge on any atom is -0.302 e. The van der Waals surface area contributed by atoms with Gasteiger partial charge >= 0.3 is 0 Å². The molecule has 185 valence electrons. The molecule has 0 spiro atoms. The Hall–Kier alpha value is -3.50. The molecular formula is C32H25IrN3S-2. The Morgan fingerprint density at radius 2 is 1.51 bits per heavy atom. The first kappa shape index (κ1) is 26.6. The molecule has 3 aromatic heterocycles. The molecule has 0 fully saturated rings. The van der Waals surface area contributed by atoms with Gasteiger partial charge in [0.15, 0.2) is 0 Å². The standard InChI is InChI=1S/C20H15N2S.C12H10N.Ir/c1-13-14(2)23-20-18(13)19(21-12-22-20)17-10-8-16(9-11-17)15-6-4-3-5-7-15;1-10-6-5-9-12(13-10)11-7-3-2-4-8-11;/h3-10,12H,1-2H3;2-7,9H,1H3;/q2*-1;. The SMILES string of the molecule is Cc1cccc(-c2[c-]cccc2)n1.Cc1sc2ncnc(-c3[c-]cc(-c4ccccc4)cc3)c2c1C.[Ir]. The quantitative estimate of drug-likeness (QED) is 0.177. The molecule has 6 aromatic rings. The Labute approximate surface area is 235 Å². The molecule has 0 amide bonds. The average molecular weight is 676 g/mol. The second-order valence-corrected chi connectivity index (χ2v) is 9.69. The van der Waals surface area contributed by atoms with Gasteiger partial charge in [-0.15, -0.1) is 77.1 Å². The van der Waals surface area contributed by atoms with Crippen LogP contribution in [0, 0.1) is 32.9 Å². The summed E-state index contributed by atoms with van der Waals surface area (Å²) in [4.78, 5) is 15.7. The summed E-state index contributed by atoms with van der Waals surface area (Å²) in [6, 6.07) is 37.0. The number of rotatable bonds is 3. The van der Waals surface area contributed by atoms with Crippen LogP contribution in [-0.4, -0.2) is 15.0 Å². The fraction of sp³-hybridized carbons (Fsp3) is 0.0938. The minimum atomic E-state index is 0. The fourth-order valence-corrected chi connectivity index (χ4v) is 5.01. The van der Waals surface area contributed by atoms with Crippen molar-refractivity contribution >= 4 is 21.6 Å². The van der Waals surface area contributed by atoms with Gasteiger partial charge in [-0.2, -0.15) is 0 Å². The van der Waals surface area contributed by atoms with Crippen LogP contribution in [-0.2, 0) is 20.1 Å². The Morgan fingerprint density at radius 1 is 0.703 bits per heavy atom. The zero-order valence-corrected chi connectivity index (χ0v) is 24.0. The molecule has 0 aliphatic heterocycles. The van der Waals surface area contributed by atoms with Crippen molar-refractivity contribution in [1.29, 1.82) is 0 Å². The molecule has 0 N–H and O–H groups in total. The first-order valence-corrected chi connectivity index (χ1v) is 12.6. The molecule has 0 unspecified atom stereocenters. The summed E-state index contributed by atoms with van der Waals surface area (Å²) in [7, 11) is 0. The maximum atomic E-state index is 4.52. The van der Waals surface area contributed by atoms with Crippen LogP contribution in [0.5, 0.6) is 0 Å². The Kier molecular flexibility index (Phi) is 8.73. The molecule has 37 heavy (non-hydrogen) atoms. The third-order valence-electron chi connectivity index (χ3n) is 6.01. The third-order valence-corrected chi connectivity index (χ3v) is 7.13. The van der Waals surface area contributed by atoms with Gasteiger partial charge in [0.05, 0.1) is 0 Å². The van der Waals surface area contributed by atoms with E-state index in [4.69, 9.17) is 0 Å². The van der Waals surface area contributed by atoms with Gasteiger partial charge < -0.3 is 4.98 Å². The first-order chi connectivity index (χ1) is 17.6. The number of aryl methyl sites for hydroxylation is 3. The van der Waals surface area contributed by atoms with E-state index in [0.717, 1.165) is 44.0 Å². The van der Waals surface area contributed by atoms with E-state index in [1.807, 2.05) is 61.5 Å². The van der Waals surface area contributed by atoms with Crippen LogP contribution < -0.4 is 0 Å². The van der Waals surface area contributed by atoms with Crippen LogP contribution in [0.3, 0.4) is 0 Å². The number of nitrogens with zero attached hydrogens (tertiary/aromatic N) is 3. The van der Waals surface area contributed by atoms with Gasteiger partial charge in [-0.3, -0.25) is 4.98 Å². The predicted octanol–water partition coefficient (Wildman–Crippen LogP) is 8.30. The maximum Gasteiger partial charge on any atom is 0.118 e. The van der Waals surface area contributed by atoms with Crippen LogP contribution in [0.25, 0.3) is 43.9 Å². The molecule has 0 aliphatic rings. The second-order valence-electron chi connectivity index (χ2n) is 8.48. The van der Waals surface area contributed by atoms with Gasteiger partial charge in [0.2, 0.25) is 0 Å². The topological polar surface area (TPSA) is 38.7 Å². The number of benzene rings is 3. The van der Waals surface area contributed by atoms with Crippen molar-refractivity contribution in [2.75, 3.05) is 0 Å². The van der Waals surface area contributed by atoms with Crippen LogP contribution in [0.15, 0.2) is 97.3 Å². The van der Waals surface area contributed by atoms with Gasteiger partial charge in [-0.1, -0.05) is 53.6 Å².